The van der Waals surface area contributed by atoms with E-state index >= 15 is 0 Å². The van der Waals surface area contributed by atoms with Crippen LogP contribution in [0.25, 0.3) is 6.08 Å². The molecule has 0 radical (unpaired) electrons. The molecule has 2 rings (SSSR count). The van der Waals surface area contributed by atoms with Crippen molar-refractivity contribution in [3.63, 3.8) is 0 Å². The van der Waals surface area contributed by atoms with Crippen LogP contribution in [0.3, 0.4) is 0 Å². The Bertz CT molecular complexity index is 770. The van der Waals surface area contributed by atoms with Gasteiger partial charge in [-0.25, -0.2) is 4.98 Å². The highest BCUT2D eigenvalue weighted by Gasteiger charge is 2.14. The number of methoxy groups -OCH3 is 1. The number of ether oxygens (including phenoxy) is 1. The third-order valence-electron chi connectivity index (χ3n) is 3.46. The van der Waals surface area contributed by atoms with Crippen molar-refractivity contribution < 1.29 is 14.3 Å². The molecule has 2 amide bonds. The summed E-state index contributed by atoms with van der Waals surface area (Å²) >= 11 is 0. The molecule has 1 aromatic heterocycles. The number of aryl methyl sites for hydroxylation is 1. The number of pyridine rings is 1. The van der Waals surface area contributed by atoms with Crippen LogP contribution >= 0.6 is 0 Å². The molecular formula is C19H21N3O3. The first-order valence-corrected chi connectivity index (χ1v) is 7.84. The molecule has 1 aromatic carbocycles. The minimum atomic E-state index is -0.685. The van der Waals surface area contributed by atoms with Crippen molar-refractivity contribution >= 4 is 23.7 Å². The zero-order valence-electron chi connectivity index (χ0n) is 14.4. The molecule has 6 heteroatoms. The van der Waals surface area contributed by atoms with Crippen LogP contribution < -0.4 is 15.4 Å². The van der Waals surface area contributed by atoms with E-state index in [1.54, 1.807) is 32.4 Å². The highest BCUT2D eigenvalue weighted by atomic mass is 16.5. The molecule has 2 aromatic rings. The van der Waals surface area contributed by atoms with Crippen molar-refractivity contribution in [1.29, 1.82) is 0 Å². The van der Waals surface area contributed by atoms with E-state index < -0.39 is 6.04 Å². The third kappa shape index (κ3) is 5.76. The quantitative estimate of drug-likeness (QED) is 0.793. The molecule has 25 heavy (non-hydrogen) atoms. The Morgan fingerprint density at radius 2 is 1.92 bits per heavy atom. The van der Waals surface area contributed by atoms with E-state index in [1.807, 2.05) is 37.3 Å². The Hall–Kier alpha value is -3.15. The molecule has 0 saturated heterocycles. The van der Waals surface area contributed by atoms with Crippen LogP contribution in [-0.4, -0.2) is 29.9 Å². The zero-order chi connectivity index (χ0) is 18.2. The summed E-state index contributed by atoms with van der Waals surface area (Å²) in [6.07, 6.45) is 4.67. The fourth-order valence-corrected chi connectivity index (χ4v) is 2.05. The lowest BCUT2D eigenvalue weighted by Crippen LogP contribution is -2.41. The zero-order valence-corrected chi connectivity index (χ0v) is 14.4. The molecule has 6 nitrogen and oxygen atoms in total. The third-order valence-corrected chi connectivity index (χ3v) is 3.46. The lowest BCUT2D eigenvalue weighted by molar-refractivity contribution is -0.123. The first-order valence-electron chi connectivity index (χ1n) is 7.84. The smallest absolute Gasteiger partial charge is 0.247 e. The largest absolute Gasteiger partial charge is 0.497 e. The number of hydrogen-bond acceptors (Lipinski definition) is 4. The molecular weight excluding hydrogens is 318 g/mol. The number of hydrogen-bond donors (Lipinski definition) is 2. The van der Waals surface area contributed by atoms with Gasteiger partial charge in [0.1, 0.15) is 17.6 Å². The molecule has 1 unspecified atom stereocenters. The predicted molar refractivity (Wildman–Crippen MR) is 97.2 cm³/mol. The Labute approximate surface area is 146 Å². The summed E-state index contributed by atoms with van der Waals surface area (Å²) in [6, 6.07) is 10.2. The van der Waals surface area contributed by atoms with Crippen molar-refractivity contribution in [1.82, 2.24) is 10.3 Å². The number of carbonyl (C=O) groups is 2. The number of amides is 2. The van der Waals surface area contributed by atoms with Crippen molar-refractivity contribution in [2.24, 2.45) is 0 Å². The number of rotatable bonds is 6. The Kier molecular flexibility index (Phi) is 6.28. The SMILES string of the molecule is COc1ccc(/C=C/C(=O)NC(C)C(=O)Nc2cc(C)ccn2)cc1. The number of anilines is 1. The van der Waals surface area contributed by atoms with Crippen LogP contribution in [0.1, 0.15) is 18.1 Å². The molecule has 2 N–H and O–H groups in total. The molecule has 130 valence electrons. The highest BCUT2D eigenvalue weighted by molar-refractivity contribution is 5.99. The average Bonchev–Trinajstić information content (AvgIpc) is 2.60. The minimum absolute atomic E-state index is 0.329. The van der Waals surface area contributed by atoms with Crippen LogP contribution in [0.15, 0.2) is 48.7 Å². The number of carbonyl (C=O) groups excluding carboxylic acids is 2. The summed E-state index contributed by atoms with van der Waals surface area (Å²) in [4.78, 5) is 28.1. The van der Waals surface area contributed by atoms with Crippen molar-refractivity contribution in [3.8, 4) is 5.75 Å². The van der Waals surface area contributed by atoms with Crippen LogP contribution in [0.4, 0.5) is 5.82 Å². The van der Waals surface area contributed by atoms with Crippen molar-refractivity contribution in [2.75, 3.05) is 12.4 Å². The monoisotopic (exact) mass is 339 g/mol. The van der Waals surface area contributed by atoms with Gasteiger partial charge in [0.15, 0.2) is 0 Å². The standard InChI is InChI=1S/C19H21N3O3/c1-13-10-11-20-17(12-13)22-19(24)14(2)21-18(23)9-6-15-4-7-16(25-3)8-5-15/h4-12,14H,1-3H3,(H,21,23)(H,20,22,24)/b9-6+. The number of nitrogens with one attached hydrogen (secondary N) is 2. The second-order valence-corrected chi connectivity index (χ2v) is 5.54. The van der Waals surface area contributed by atoms with Gasteiger partial charge in [-0.2, -0.15) is 0 Å². The molecule has 0 aliphatic carbocycles. The van der Waals surface area contributed by atoms with Crippen molar-refractivity contribution in [2.45, 2.75) is 19.9 Å². The molecule has 0 aliphatic rings. The maximum Gasteiger partial charge on any atom is 0.247 e. The Morgan fingerprint density at radius 3 is 2.56 bits per heavy atom. The van der Waals surface area contributed by atoms with Gasteiger partial charge in [-0.1, -0.05) is 12.1 Å². The van der Waals surface area contributed by atoms with Gasteiger partial charge in [0.25, 0.3) is 0 Å². The summed E-state index contributed by atoms with van der Waals surface area (Å²) in [6.45, 7) is 3.52. The molecule has 0 fully saturated rings. The van der Waals surface area contributed by atoms with Gasteiger partial charge in [-0.3, -0.25) is 9.59 Å². The topological polar surface area (TPSA) is 80.3 Å². The van der Waals surface area contributed by atoms with E-state index in [9.17, 15) is 9.59 Å². The average molecular weight is 339 g/mol. The van der Waals surface area contributed by atoms with E-state index in [0.29, 0.717) is 5.82 Å². The number of aromatic nitrogens is 1. The van der Waals surface area contributed by atoms with Gasteiger partial charge in [-0.15, -0.1) is 0 Å². The summed E-state index contributed by atoms with van der Waals surface area (Å²) in [7, 11) is 1.59. The minimum Gasteiger partial charge on any atom is -0.497 e. The number of nitrogens with zero attached hydrogens (tertiary/aromatic N) is 1. The van der Waals surface area contributed by atoms with Crippen LogP contribution in [-0.2, 0) is 9.59 Å². The van der Waals surface area contributed by atoms with Gasteiger partial charge >= 0.3 is 0 Å². The van der Waals surface area contributed by atoms with Gasteiger partial charge in [0.05, 0.1) is 7.11 Å². The van der Waals surface area contributed by atoms with E-state index in [0.717, 1.165) is 16.9 Å². The normalized spacial score (nSPS) is 11.8. The molecule has 0 aliphatic heterocycles. The van der Waals surface area contributed by atoms with E-state index in [4.69, 9.17) is 4.74 Å². The van der Waals surface area contributed by atoms with E-state index in [1.165, 1.54) is 6.08 Å². The molecule has 1 atom stereocenters. The van der Waals surface area contributed by atoms with Crippen molar-refractivity contribution in [3.05, 3.63) is 59.8 Å². The second kappa shape index (κ2) is 8.63. The summed E-state index contributed by atoms with van der Waals surface area (Å²) < 4.78 is 5.08. The summed E-state index contributed by atoms with van der Waals surface area (Å²) in [5, 5.41) is 5.29. The van der Waals surface area contributed by atoms with Crippen LogP contribution in [0.2, 0.25) is 0 Å². The van der Waals surface area contributed by atoms with E-state index in [2.05, 4.69) is 15.6 Å². The maximum atomic E-state index is 12.1. The van der Waals surface area contributed by atoms with Crippen LogP contribution in [0.5, 0.6) is 5.75 Å². The number of benzene rings is 1. The maximum absolute atomic E-state index is 12.1. The lowest BCUT2D eigenvalue weighted by Gasteiger charge is -2.12. The molecule has 1 heterocycles. The molecule has 0 bridgehead atoms. The summed E-state index contributed by atoms with van der Waals surface area (Å²) in [5.41, 5.74) is 1.85. The first kappa shape index (κ1) is 18.2. The van der Waals surface area contributed by atoms with Gasteiger partial charge < -0.3 is 15.4 Å². The fourth-order valence-electron chi connectivity index (χ4n) is 2.05. The van der Waals surface area contributed by atoms with Gasteiger partial charge in [0, 0.05) is 12.3 Å². The predicted octanol–water partition coefficient (Wildman–Crippen LogP) is 2.56. The fraction of sp³-hybridized carbons (Fsp3) is 0.211. The van der Waals surface area contributed by atoms with Gasteiger partial charge in [0.2, 0.25) is 11.8 Å². The lowest BCUT2D eigenvalue weighted by atomic mass is 10.2. The van der Waals surface area contributed by atoms with E-state index in [-0.39, 0.29) is 11.8 Å². The highest BCUT2D eigenvalue weighted by Crippen LogP contribution is 2.12. The summed E-state index contributed by atoms with van der Waals surface area (Å²) in [5.74, 6) is 0.525. The van der Waals surface area contributed by atoms with Gasteiger partial charge in [-0.05, 0) is 55.3 Å². The Balaban J connectivity index is 1.87. The molecule has 0 saturated carbocycles. The Morgan fingerprint density at radius 1 is 1.20 bits per heavy atom. The van der Waals surface area contributed by atoms with Crippen LogP contribution in [0, 0.1) is 6.92 Å². The first-order chi connectivity index (χ1) is 12.0. The second-order valence-electron chi connectivity index (χ2n) is 5.54. The molecule has 0 spiro atoms.